The molecule has 1 atom stereocenters. The van der Waals surface area contributed by atoms with Crippen molar-refractivity contribution in [2.45, 2.75) is 25.9 Å². The first kappa shape index (κ1) is 28.3. The highest BCUT2D eigenvalue weighted by atomic mass is 19.1. The number of aryl methyl sites for hydroxylation is 1. The Hall–Kier alpha value is -4.25. The zero-order chi connectivity index (χ0) is 28.9. The van der Waals surface area contributed by atoms with E-state index in [9.17, 15) is 18.8 Å². The first-order valence-electron chi connectivity index (χ1n) is 13.5. The monoisotopic (exact) mass is 557 g/mol. The van der Waals surface area contributed by atoms with E-state index in [1.54, 1.807) is 12.1 Å². The molecule has 0 bridgehead atoms. The van der Waals surface area contributed by atoms with Crippen molar-refractivity contribution in [2.24, 2.45) is 0 Å². The number of rotatable bonds is 9. The number of benzene rings is 3. The van der Waals surface area contributed by atoms with Crippen LogP contribution in [0.15, 0.2) is 66.7 Å². The number of fused-ring (bicyclic) bond motifs is 1. The van der Waals surface area contributed by atoms with Gasteiger partial charge in [0.15, 0.2) is 0 Å². The number of hydrogen-bond donors (Lipinski definition) is 3. The minimum absolute atomic E-state index is 0.00459. The number of carbonyl (C=O) groups excluding carboxylic acids is 1. The number of hydroxylamine groups is 2. The Morgan fingerprint density at radius 2 is 1.78 bits per heavy atom. The fourth-order valence-electron chi connectivity index (χ4n) is 5.01. The zero-order valence-corrected chi connectivity index (χ0v) is 22.9. The molecule has 1 unspecified atom stereocenters. The van der Waals surface area contributed by atoms with Crippen molar-refractivity contribution in [1.82, 2.24) is 25.7 Å². The van der Waals surface area contributed by atoms with Crippen molar-refractivity contribution in [2.75, 3.05) is 32.0 Å². The van der Waals surface area contributed by atoms with Crippen molar-refractivity contribution in [3.05, 3.63) is 117 Å². The number of anilines is 1. The largest absolute Gasteiger partial charge is 0.784 e. The maximum Gasteiger partial charge on any atom is 0.251 e. The SMILES string of the molecule is CNCCNc1nc(-c2cc(C(=O)NCc3ccccc3)ccc2C)c2c(n1)C(c1c(F)cccc1F)N([O-])CC2. The molecule has 1 aliphatic rings. The summed E-state index contributed by atoms with van der Waals surface area (Å²) in [4.78, 5) is 22.5. The topological polar surface area (TPSA) is 105 Å². The van der Waals surface area contributed by atoms with Gasteiger partial charge in [-0.2, -0.15) is 0 Å². The summed E-state index contributed by atoms with van der Waals surface area (Å²) in [5.74, 6) is -1.66. The summed E-state index contributed by atoms with van der Waals surface area (Å²) in [5, 5.41) is 22.9. The second kappa shape index (κ2) is 12.5. The number of carbonyl (C=O) groups is 1. The summed E-state index contributed by atoms with van der Waals surface area (Å²) < 4.78 is 29.9. The van der Waals surface area contributed by atoms with E-state index in [4.69, 9.17) is 4.98 Å². The van der Waals surface area contributed by atoms with Crippen LogP contribution in [-0.2, 0) is 13.0 Å². The summed E-state index contributed by atoms with van der Waals surface area (Å²) in [6, 6.07) is 17.2. The van der Waals surface area contributed by atoms with E-state index in [1.807, 2.05) is 50.4 Å². The van der Waals surface area contributed by atoms with E-state index < -0.39 is 17.7 Å². The van der Waals surface area contributed by atoms with Crippen LogP contribution >= 0.6 is 0 Å². The molecule has 8 nitrogen and oxygen atoms in total. The molecule has 0 saturated heterocycles. The number of amides is 1. The molecule has 41 heavy (non-hydrogen) atoms. The first-order valence-corrected chi connectivity index (χ1v) is 13.5. The summed E-state index contributed by atoms with van der Waals surface area (Å²) in [7, 11) is 1.81. The van der Waals surface area contributed by atoms with Crippen molar-refractivity contribution >= 4 is 11.9 Å². The number of nitrogens with one attached hydrogen (secondary N) is 3. The van der Waals surface area contributed by atoms with Crippen LogP contribution in [0.5, 0.6) is 0 Å². The second-order valence-electron chi connectivity index (χ2n) is 9.92. The molecule has 0 fully saturated rings. The predicted molar refractivity (Wildman–Crippen MR) is 154 cm³/mol. The van der Waals surface area contributed by atoms with Gasteiger partial charge in [0, 0.05) is 41.9 Å². The minimum atomic E-state index is -1.29. The fourth-order valence-corrected chi connectivity index (χ4v) is 5.01. The van der Waals surface area contributed by atoms with Gasteiger partial charge in [-0.15, -0.1) is 0 Å². The second-order valence-corrected chi connectivity index (χ2v) is 9.92. The van der Waals surface area contributed by atoms with Crippen LogP contribution in [-0.4, -0.2) is 47.6 Å². The quantitative estimate of drug-likeness (QED) is 0.256. The van der Waals surface area contributed by atoms with Gasteiger partial charge in [-0.05, 0) is 62.3 Å². The third-order valence-corrected chi connectivity index (χ3v) is 7.15. The lowest BCUT2D eigenvalue weighted by Crippen LogP contribution is -2.34. The maximum atomic E-state index is 15.0. The Kier molecular flexibility index (Phi) is 8.63. The van der Waals surface area contributed by atoms with Gasteiger partial charge in [0.2, 0.25) is 5.95 Å². The zero-order valence-electron chi connectivity index (χ0n) is 22.9. The molecule has 3 N–H and O–H groups in total. The Morgan fingerprint density at radius 3 is 2.51 bits per heavy atom. The molecule has 3 aromatic carbocycles. The Morgan fingerprint density at radius 1 is 1.02 bits per heavy atom. The molecule has 1 amide bonds. The van der Waals surface area contributed by atoms with Crippen LogP contribution in [0.2, 0.25) is 0 Å². The molecule has 5 rings (SSSR count). The van der Waals surface area contributed by atoms with Crippen molar-refractivity contribution in [3.63, 3.8) is 0 Å². The van der Waals surface area contributed by atoms with Crippen LogP contribution < -0.4 is 16.0 Å². The van der Waals surface area contributed by atoms with E-state index >= 15 is 0 Å². The van der Waals surface area contributed by atoms with Crippen LogP contribution in [0.3, 0.4) is 0 Å². The number of hydrogen-bond acceptors (Lipinski definition) is 7. The van der Waals surface area contributed by atoms with Crippen molar-refractivity contribution in [3.8, 4) is 11.3 Å². The molecule has 0 saturated carbocycles. The smallest absolute Gasteiger partial charge is 0.251 e. The number of aromatic nitrogens is 2. The van der Waals surface area contributed by atoms with Crippen LogP contribution in [0.1, 0.15) is 44.3 Å². The number of halogens is 2. The van der Waals surface area contributed by atoms with Crippen LogP contribution in [0.25, 0.3) is 11.3 Å². The minimum Gasteiger partial charge on any atom is -0.784 e. The third-order valence-electron chi connectivity index (χ3n) is 7.15. The lowest BCUT2D eigenvalue weighted by molar-refractivity contribution is 0.0951. The summed E-state index contributed by atoms with van der Waals surface area (Å²) >= 11 is 0. The molecule has 10 heteroatoms. The average molecular weight is 558 g/mol. The number of nitrogens with zero attached hydrogens (tertiary/aromatic N) is 3. The summed E-state index contributed by atoms with van der Waals surface area (Å²) in [6.45, 7) is 3.38. The maximum absolute atomic E-state index is 15.0. The standard InChI is InChI=1S/C31H31F2N6O2/c1-19-11-12-21(30(40)36-18-20-7-4-3-5-8-20)17-23(19)27-22-13-16-39(41)29(26-24(32)9-6-10-25(26)33)28(22)38-31(37-27)35-15-14-34-2/h3-12,17,29,34H,13-16,18H2,1-2H3,(H,36,40)(H,35,37,38)/q-1. The molecule has 0 aliphatic carbocycles. The van der Waals surface area contributed by atoms with Crippen LogP contribution in [0.4, 0.5) is 14.7 Å². The molecule has 0 spiro atoms. The molecular formula is C31H31F2N6O2-. The van der Waals surface area contributed by atoms with Gasteiger partial charge in [0.1, 0.15) is 11.6 Å². The molecular weight excluding hydrogens is 526 g/mol. The van der Waals surface area contributed by atoms with E-state index in [-0.39, 0.29) is 36.1 Å². The Balaban J connectivity index is 1.59. The molecule has 2 heterocycles. The highest BCUT2D eigenvalue weighted by Gasteiger charge is 2.33. The van der Waals surface area contributed by atoms with Gasteiger partial charge < -0.3 is 26.2 Å². The van der Waals surface area contributed by atoms with E-state index in [0.717, 1.165) is 23.3 Å². The average Bonchev–Trinajstić information content (AvgIpc) is 2.97. The van der Waals surface area contributed by atoms with Gasteiger partial charge in [-0.3, -0.25) is 4.79 Å². The number of likely N-dealkylation sites (N-methyl/N-ethyl adjacent to an activating group) is 1. The Labute approximate surface area is 237 Å². The molecule has 212 valence electrons. The predicted octanol–water partition coefficient (Wildman–Crippen LogP) is 4.74. The third kappa shape index (κ3) is 6.09. The molecule has 4 aromatic rings. The van der Waals surface area contributed by atoms with E-state index in [0.29, 0.717) is 47.1 Å². The highest BCUT2D eigenvalue weighted by Crippen LogP contribution is 2.40. The highest BCUT2D eigenvalue weighted by molar-refractivity contribution is 5.95. The van der Waals surface area contributed by atoms with Gasteiger partial charge in [-0.1, -0.05) is 42.5 Å². The summed E-state index contributed by atoms with van der Waals surface area (Å²) in [5.41, 5.74) is 3.98. The van der Waals surface area contributed by atoms with Gasteiger partial charge in [0.25, 0.3) is 5.91 Å². The van der Waals surface area contributed by atoms with Crippen molar-refractivity contribution in [1.29, 1.82) is 0 Å². The first-order chi connectivity index (χ1) is 19.9. The molecule has 1 aromatic heterocycles. The normalized spacial score (nSPS) is 14.9. The van der Waals surface area contributed by atoms with Gasteiger partial charge in [-0.25, -0.2) is 18.7 Å². The Bertz CT molecular complexity index is 1530. The van der Waals surface area contributed by atoms with E-state index in [2.05, 4.69) is 20.9 Å². The fraction of sp³-hybridized carbons (Fsp3) is 0.258. The van der Waals surface area contributed by atoms with Crippen LogP contribution in [0, 0.1) is 23.8 Å². The van der Waals surface area contributed by atoms with Crippen molar-refractivity contribution < 1.29 is 13.6 Å². The molecule has 1 aliphatic heterocycles. The molecule has 0 radical (unpaired) electrons. The lowest BCUT2D eigenvalue weighted by Gasteiger charge is -2.42. The van der Waals surface area contributed by atoms with E-state index in [1.165, 1.54) is 6.07 Å². The van der Waals surface area contributed by atoms with Gasteiger partial charge >= 0.3 is 0 Å². The lowest BCUT2D eigenvalue weighted by atomic mass is 9.89. The summed E-state index contributed by atoms with van der Waals surface area (Å²) in [6.07, 6.45) is 0.279. The van der Waals surface area contributed by atoms with Gasteiger partial charge in [0.05, 0.1) is 17.4 Å².